The van der Waals surface area contributed by atoms with E-state index in [9.17, 15) is 4.79 Å². The van der Waals surface area contributed by atoms with Crippen molar-refractivity contribution < 1.29 is 4.79 Å². The van der Waals surface area contributed by atoms with Crippen LogP contribution in [0.4, 0.5) is 0 Å². The lowest BCUT2D eigenvalue weighted by atomic mass is 9.72. The highest BCUT2D eigenvalue weighted by Gasteiger charge is 2.44. The molecule has 0 N–H and O–H groups in total. The third kappa shape index (κ3) is 3.97. The number of carbonyl (C=O) groups is 1. The van der Waals surface area contributed by atoms with E-state index in [-0.39, 0.29) is 0 Å². The van der Waals surface area contributed by atoms with Crippen molar-refractivity contribution in [3.63, 3.8) is 0 Å². The van der Waals surface area contributed by atoms with E-state index >= 15 is 0 Å². The van der Waals surface area contributed by atoms with Gasteiger partial charge in [0.05, 0.1) is 0 Å². The number of nitrogens with zero attached hydrogens (tertiary/aromatic N) is 2. The molecule has 2 saturated heterocycles. The van der Waals surface area contributed by atoms with Crippen molar-refractivity contribution in [2.24, 2.45) is 10.8 Å². The van der Waals surface area contributed by atoms with Crippen LogP contribution in [0.2, 0.25) is 0 Å². The largest absolute Gasteiger partial charge is 0.343 e. The van der Waals surface area contributed by atoms with E-state index in [2.05, 4.69) is 30.6 Å². The second kappa shape index (κ2) is 6.05. The number of likely N-dealkylation sites (tertiary alicyclic amines) is 2. The highest BCUT2D eigenvalue weighted by atomic mass is 16.2. The van der Waals surface area contributed by atoms with Crippen LogP contribution >= 0.6 is 0 Å². The fraction of sp³-hybridized carbons (Fsp3) is 0.941. The Bertz CT molecular complexity index is 329. The number of hydrogen-bond donors (Lipinski definition) is 0. The molecule has 0 atom stereocenters. The molecule has 0 aliphatic carbocycles. The second-order valence-electron chi connectivity index (χ2n) is 8.11. The van der Waals surface area contributed by atoms with Crippen molar-refractivity contribution in [1.29, 1.82) is 0 Å². The van der Waals surface area contributed by atoms with Gasteiger partial charge in [-0.15, -0.1) is 0 Å². The van der Waals surface area contributed by atoms with Gasteiger partial charge in [0.15, 0.2) is 0 Å². The van der Waals surface area contributed by atoms with Gasteiger partial charge in [-0.1, -0.05) is 27.7 Å². The van der Waals surface area contributed by atoms with Gasteiger partial charge in [0.25, 0.3) is 0 Å². The van der Waals surface area contributed by atoms with Gasteiger partial charge in [-0.25, -0.2) is 0 Å². The summed E-state index contributed by atoms with van der Waals surface area (Å²) in [4.78, 5) is 16.4. The maximum atomic E-state index is 11.7. The standard InChI is InChI=1S/C17H32N2O/c1-5-15(20)19-11-8-17(9-12-19)13-18(14-17)10-6-7-16(2,3)4/h5-14H2,1-4H3. The van der Waals surface area contributed by atoms with Crippen LogP contribution in [0.25, 0.3) is 0 Å². The van der Waals surface area contributed by atoms with Crippen molar-refractivity contribution in [1.82, 2.24) is 9.80 Å². The first-order valence-electron chi connectivity index (χ1n) is 8.34. The minimum Gasteiger partial charge on any atom is -0.343 e. The zero-order valence-corrected chi connectivity index (χ0v) is 13.9. The molecule has 2 fully saturated rings. The normalized spacial score (nSPS) is 22.9. The predicted molar refractivity (Wildman–Crippen MR) is 83.7 cm³/mol. The molecule has 1 spiro atoms. The Hall–Kier alpha value is -0.570. The molecule has 0 aromatic carbocycles. The Kier molecular flexibility index (Phi) is 4.78. The summed E-state index contributed by atoms with van der Waals surface area (Å²) in [7, 11) is 0. The molecule has 2 aliphatic rings. The summed E-state index contributed by atoms with van der Waals surface area (Å²) in [6, 6.07) is 0. The molecule has 3 nitrogen and oxygen atoms in total. The monoisotopic (exact) mass is 280 g/mol. The van der Waals surface area contributed by atoms with Crippen LogP contribution in [0.3, 0.4) is 0 Å². The zero-order valence-electron chi connectivity index (χ0n) is 13.9. The Morgan fingerprint density at radius 1 is 1.15 bits per heavy atom. The van der Waals surface area contributed by atoms with E-state index in [0.29, 0.717) is 23.2 Å². The molecule has 2 aliphatic heterocycles. The number of carbonyl (C=O) groups excluding carboxylic acids is 1. The van der Waals surface area contributed by atoms with Gasteiger partial charge >= 0.3 is 0 Å². The summed E-state index contributed by atoms with van der Waals surface area (Å²) >= 11 is 0. The number of hydrogen-bond acceptors (Lipinski definition) is 2. The summed E-state index contributed by atoms with van der Waals surface area (Å²) in [6.07, 6.45) is 5.73. The van der Waals surface area contributed by atoms with Gasteiger partial charge in [0.2, 0.25) is 5.91 Å². The third-order valence-electron chi connectivity index (χ3n) is 5.00. The lowest BCUT2D eigenvalue weighted by molar-refractivity contribution is -0.135. The molecule has 116 valence electrons. The van der Waals surface area contributed by atoms with E-state index in [0.717, 1.165) is 13.1 Å². The van der Waals surface area contributed by atoms with Crippen LogP contribution in [0.1, 0.15) is 59.8 Å². The smallest absolute Gasteiger partial charge is 0.222 e. The molecule has 0 bridgehead atoms. The van der Waals surface area contributed by atoms with Crippen LogP contribution in [0.15, 0.2) is 0 Å². The minimum absolute atomic E-state index is 0.334. The summed E-state index contributed by atoms with van der Waals surface area (Å²) < 4.78 is 0. The molecular weight excluding hydrogens is 248 g/mol. The molecule has 0 radical (unpaired) electrons. The predicted octanol–water partition coefficient (Wildman–Crippen LogP) is 3.15. The minimum atomic E-state index is 0.334. The lowest BCUT2D eigenvalue weighted by Crippen LogP contribution is -2.60. The van der Waals surface area contributed by atoms with Crippen molar-refractivity contribution in [2.75, 3.05) is 32.7 Å². The van der Waals surface area contributed by atoms with Crippen LogP contribution in [-0.2, 0) is 4.79 Å². The molecule has 1 amide bonds. The number of amides is 1. The van der Waals surface area contributed by atoms with Crippen molar-refractivity contribution in [2.45, 2.75) is 59.8 Å². The lowest BCUT2D eigenvalue weighted by Gasteiger charge is -2.54. The SMILES string of the molecule is CCC(=O)N1CCC2(CC1)CN(CCCC(C)(C)C)C2. The molecule has 0 saturated carbocycles. The van der Waals surface area contributed by atoms with E-state index < -0.39 is 0 Å². The maximum Gasteiger partial charge on any atom is 0.222 e. The van der Waals surface area contributed by atoms with Crippen molar-refractivity contribution >= 4 is 5.91 Å². The summed E-state index contributed by atoms with van der Waals surface area (Å²) in [5, 5.41) is 0. The van der Waals surface area contributed by atoms with Gasteiger partial charge in [-0.3, -0.25) is 4.79 Å². The van der Waals surface area contributed by atoms with Crippen LogP contribution in [0, 0.1) is 10.8 Å². The Morgan fingerprint density at radius 3 is 2.25 bits per heavy atom. The van der Waals surface area contributed by atoms with Gasteiger partial charge in [0, 0.05) is 32.6 Å². The average Bonchev–Trinajstić information content (AvgIpc) is 2.35. The first-order valence-corrected chi connectivity index (χ1v) is 8.34. The van der Waals surface area contributed by atoms with Crippen LogP contribution < -0.4 is 0 Å². The molecule has 0 aromatic heterocycles. The fourth-order valence-electron chi connectivity index (χ4n) is 3.66. The second-order valence-corrected chi connectivity index (χ2v) is 8.11. The van der Waals surface area contributed by atoms with Crippen LogP contribution in [0.5, 0.6) is 0 Å². The molecular formula is C17H32N2O. The Balaban J connectivity index is 1.65. The molecule has 2 heterocycles. The van der Waals surface area contributed by atoms with Gasteiger partial charge in [0.1, 0.15) is 0 Å². The van der Waals surface area contributed by atoms with Crippen molar-refractivity contribution in [3.05, 3.63) is 0 Å². The number of rotatable bonds is 4. The van der Waals surface area contributed by atoms with E-state index in [1.165, 1.54) is 45.3 Å². The van der Waals surface area contributed by atoms with Gasteiger partial charge in [-0.2, -0.15) is 0 Å². The van der Waals surface area contributed by atoms with E-state index in [4.69, 9.17) is 0 Å². The first kappa shape index (κ1) is 15.8. The third-order valence-corrected chi connectivity index (χ3v) is 5.00. The Morgan fingerprint density at radius 2 is 1.75 bits per heavy atom. The highest BCUT2D eigenvalue weighted by molar-refractivity contribution is 5.75. The molecule has 2 rings (SSSR count). The van der Waals surface area contributed by atoms with Gasteiger partial charge < -0.3 is 9.80 Å². The Labute approximate surface area is 124 Å². The van der Waals surface area contributed by atoms with Crippen molar-refractivity contribution in [3.8, 4) is 0 Å². The van der Waals surface area contributed by atoms with E-state index in [1.54, 1.807) is 0 Å². The summed E-state index contributed by atoms with van der Waals surface area (Å²) in [5.74, 6) is 0.334. The molecule has 0 unspecified atom stereocenters. The summed E-state index contributed by atoms with van der Waals surface area (Å²) in [5.41, 5.74) is 1.01. The molecule has 3 heteroatoms. The van der Waals surface area contributed by atoms with E-state index in [1.807, 2.05) is 6.92 Å². The molecule has 0 aromatic rings. The quantitative estimate of drug-likeness (QED) is 0.790. The molecule has 20 heavy (non-hydrogen) atoms. The number of piperidine rings is 1. The average molecular weight is 280 g/mol. The fourth-order valence-corrected chi connectivity index (χ4v) is 3.66. The highest BCUT2D eigenvalue weighted by Crippen LogP contribution is 2.40. The zero-order chi connectivity index (χ0) is 14.8. The maximum absolute atomic E-state index is 11.7. The summed E-state index contributed by atoms with van der Waals surface area (Å²) in [6.45, 7) is 14.7. The van der Waals surface area contributed by atoms with Gasteiger partial charge in [-0.05, 0) is 43.1 Å². The first-order chi connectivity index (χ1) is 9.34. The van der Waals surface area contributed by atoms with Crippen LogP contribution in [-0.4, -0.2) is 48.4 Å². The topological polar surface area (TPSA) is 23.6 Å².